The summed E-state index contributed by atoms with van der Waals surface area (Å²) in [5.41, 5.74) is 2.75. The van der Waals surface area contributed by atoms with Crippen LogP contribution in [-0.2, 0) is 6.54 Å². The van der Waals surface area contributed by atoms with Gasteiger partial charge in [-0.05, 0) is 42.3 Å². The normalized spacial score (nSPS) is 11.5. The minimum Gasteiger partial charge on any atom is -0.493 e. The average Bonchev–Trinajstić information content (AvgIpc) is 2.64. The third-order valence-electron chi connectivity index (χ3n) is 3.86. The number of nitrogens with zero attached hydrogens (tertiary/aromatic N) is 1. The van der Waals surface area contributed by atoms with Crippen molar-refractivity contribution < 1.29 is 14.2 Å². The van der Waals surface area contributed by atoms with Gasteiger partial charge in [0.15, 0.2) is 11.5 Å². The number of benzene rings is 2. The molecule has 2 aromatic carbocycles. The molecular weight excluding hydrogens is 304 g/mol. The van der Waals surface area contributed by atoms with E-state index in [1.807, 2.05) is 30.3 Å². The fraction of sp³-hybridized carbons (Fsp3) is 0.316. The quantitative estimate of drug-likeness (QED) is 0.844. The van der Waals surface area contributed by atoms with Crippen molar-refractivity contribution in [3.05, 3.63) is 53.1 Å². The van der Waals surface area contributed by atoms with E-state index in [1.165, 1.54) is 0 Å². The van der Waals surface area contributed by atoms with Gasteiger partial charge in [-0.15, -0.1) is 0 Å². The summed E-state index contributed by atoms with van der Waals surface area (Å²) in [6.07, 6.45) is 0. The first-order chi connectivity index (χ1) is 11.6. The van der Waals surface area contributed by atoms with Crippen LogP contribution in [0.15, 0.2) is 36.4 Å². The number of hydrogen-bond acceptors (Lipinski definition) is 5. The fourth-order valence-corrected chi connectivity index (χ4v) is 2.49. The molecule has 0 saturated heterocycles. The summed E-state index contributed by atoms with van der Waals surface area (Å²) in [5.74, 6) is 1.84. The summed E-state index contributed by atoms with van der Waals surface area (Å²) in [6, 6.07) is 13.7. The van der Waals surface area contributed by atoms with Crippen molar-refractivity contribution in [1.29, 1.82) is 5.26 Å². The molecule has 1 N–H and O–H groups in total. The van der Waals surface area contributed by atoms with E-state index in [0.29, 0.717) is 29.4 Å². The molecule has 126 valence electrons. The van der Waals surface area contributed by atoms with Crippen molar-refractivity contribution in [2.45, 2.75) is 19.5 Å². The van der Waals surface area contributed by atoms with Crippen LogP contribution < -0.4 is 19.5 Å². The maximum Gasteiger partial charge on any atom is 0.203 e. The van der Waals surface area contributed by atoms with Crippen LogP contribution in [0.5, 0.6) is 17.2 Å². The molecule has 2 rings (SSSR count). The molecule has 5 nitrogen and oxygen atoms in total. The second-order valence-corrected chi connectivity index (χ2v) is 5.37. The van der Waals surface area contributed by atoms with Gasteiger partial charge in [-0.3, -0.25) is 0 Å². The van der Waals surface area contributed by atoms with Crippen molar-refractivity contribution in [2.75, 3.05) is 21.3 Å². The zero-order valence-electron chi connectivity index (χ0n) is 14.4. The predicted molar refractivity (Wildman–Crippen MR) is 92.5 cm³/mol. The Morgan fingerprint density at radius 1 is 1.04 bits per heavy atom. The van der Waals surface area contributed by atoms with E-state index in [-0.39, 0.29) is 6.04 Å². The molecular formula is C19H22N2O3. The van der Waals surface area contributed by atoms with Crippen LogP contribution in [0.4, 0.5) is 0 Å². The second-order valence-electron chi connectivity index (χ2n) is 5.37. The third kappa shape index (κ3) is 3.98. The van der Waals surface area contributed by atoms with Crippen molar-refractivity contribution >= 4 is 0 Å². The van der Waals surface area contributed by atoms with Crippen LogP contribution in [-0.4, -0.2) is 21.3 Å². The standard InChI is InChI=1S/C19H22N2O3/c1-13(21-12-15-7-5-6-14(8-15)11-20)16-9-17(22-2)19(24-4)18(10-16)23-3/h5-10,13,21H,12H2,1-4H3. The molecule has 24 heavy (non-hydrogen) atoms. The molecule has 0 fully saturated rings. The molecule has 0 radical (unpaired) electrons. The smallest absolute Gasteiger partial charge is 0.203 e. The summed E-state index contributed by atoms with van der Waals surface area (Å²) in [5, 5.41) is 12.4. The lowest BCUT2D eigenvalue weighted by Crippen LogP contribution is -2.18. The van der Waals surface area contributed by atoms with Gasteiger partial charge >= 0.3 is 0 Å². The van der Waals surface area contributed by atoms with Gasteiger partial charge in [-0.2, -0.15) is 5.26 Å². The monoisotopic (exact) mass is 326 g/mol. The van der Waals surface area contributed by atoms with Crippen molar-refractivity contribution in [3.63, 3.8) is 0 Å². The number of rotatable bonds is 7. The Labute approximate surface area is 142 Å². The summed E-state index contributed by atoms with van der Waals surface area (Å²) < 4.78 is 16.1. The zero-order chi connectivity index (χ0) is 17.5. The SMILES string of the molecule is COc1cc(C(C)NCc2cccc(C#N)c2)cc(OC)c1OC. The van der Waals surface area contributed by atoms with Crippen LogP contribution >= 0.6 is 0 Å². The molecule has 1 atom stereocenters. The van der Waals surface area contributed by atoms with Crippen LogP contribution in [0.2, 0.25) is 0 Å². The molecule has 0 bridgehead atoms. The lowest BCUT2D eigenvalue weighted by atomic mass is 10.1. The molecule has 0 aromatic heterocycles. The van der Waals surface area contributed by atoms with Gasteiger partial charge in [0.25, 0.3) is 0 Å². The van der Waals surface area contributed by atoms with Crippen molar-refractivity contribution in [3.8, 4) is 23.3 Å². The Bertz CT molecular complexity index is 713. The van der Waals surface area contributed by atoms with Gasteiger partial charge in [-0.25, -0.2) is 0 Å². The average molecular weight is 326 g/mol. The molecule has 0 amide bonds. The molecule has 0 aliphatic heterocycles. The first-order valence-electron chi connectivity index (χ1n) is 7.65. The first-order valence-corrected chi connectivity index (χ1v) is 7.65. The number of hydrogen-bond donors (Lipinski definition) is 1. The second kappa shape index (κ2) is 8.23. The molecule has 0 aliphatic carbocycles. The largest absolute Gasteiger partial charge is 0.493 e. The van der Waals surface area contributed by atoms with E-state index in [0.717, 1.165) is 11.1 Å². The molecule has 0 heterocycles. The molecule has 1 unspecified atom stereocenters. The highest BCUT2D eigenvalue weighted by Gasteiger charge is 2.16. The maximum absolute atomic E-state index is 8.97. The van der Waals surface area contributed by atoms with Gasteiger partial charge in [0, 0.05) is 12.6 Å². The summed E-state index contributed by atoms with van der Waals surface area (Å²) >= 11 is 0. The van der Waals surface area contributed by atoms with Gasteiger partial charge in [-0.1, -0.05) is 12.1 Å². The molecule has 5 heteroatoms. The molecule has 0 spiro atoms. The van der Waals surface area contributed by atoms with E-state index in [1.54, 1.807) is 27.4 Å². The Hall–Kier alpha value is -2.71. The highest BCUT2D eigenvalue weighted by molar-refractivity contribution is 5.54. The summed E-state index contributed by atoms with van der Waals surface area (Å²) in [4.78, 5) is 0. The van der Waals surface area contributed by atoms with Gasteiger partial charge in [0.05, 0.1) is 33.0 Å². The number of nitrogens with one attached hydrogen (secondary N) is 1. The zero-order valence-corrected chi connectivity index (χ0v) is 14.4. The Morgan fingerprint density at radius 2 is 1.71 bits per heavy atom. The van der Waals surface area contributed by atoms with Crippen LogP contribution in [0.3, 0.4) is 0 Å². The van der Waals surface area contributed by atoms with Crippen molar-refractivity contribution in [1.82, 2.24) is 5.32 Å². The number of methoxy groups -OCH3 is 3. The molecule has 0 saturated carbocycles. The summed E-state index contributed by atoms with van der Waals surface area (Å²) in [6.45, 7) is 2.72. The predicted octanol–water partition coefficient (Wildman–Crippen LogP) is 3.43. The maximum atomic E-state index is 8.97. The van der Waals surface area contributed by atoms with Gasteiger partial charge < -0.3 is 19.5 Å². The van der Waals surface area contributed by atoms with Crippen LogP contribution in [0.1, 0.15) is 29.7 Å². The van der Waals surface area contributed by atoms with Gasteiger partial charge in [0.1, 0.15) is 0 Å². The highest BCUT2D eigenvalue weighted by atomic mass is 16.5. The Balaban J connectivity index is 2.17. The Morgan fingerprint density at radius 3 is 2.25 bits per heavy atom. The fourth-order valence-electron chi connectivity index (χ4n) is 2.49. The van der Waals surface area contributed by atoms with Crippen LogP contribution in [0, 0.1) is 11.3 Å². The number of ether oxygens (including phenoxy) is 3. The van der Waals surface area contributed by atoms with Crippen molar-refractivity contribution in [2.24, 2.45) is 0 Å². The van der Waals surface area contributed by atoms with E-state index < -0.39 is 0 Å². The van der Waals surface area contributed by atoms with E-state index in [4.69, 9.17) is 19.5 Å². The molecule has 0 aliphatic rings. The van der Waals surface area contributed by atoms with E-state index >= 15 is 0 Å². The summed E-state index contributed by atoms with van der Waals surface area (Å²) in [7, 11) is 4.79. The topological polar surface area (TPSA) is 63.5 Å². The highest BCUT2D eigenvalue weighted by Crippen LogP contribution is 2.39. The van der Waals surface area contributed by atoms with E-state index in [2.05, 4.69) is 18.3 Å². The number of nitriles is 1. The minimum absolute atomic E-state index is 0.0736. The molecule has 2 aromatic rings. The minimum atomic E-state index is 0.0736. The first kappa shape index (κ1) is 17.6. The lowest BCUT2D eigenvalue weighted by Gasteiger charge is -2.19. The lowest BCUT2D eigenvalue weighted by molar-refractivity contribution is 0.323. The third-order valence-corrected chi connectivity index (χ3v) is 3.86. The van der Waals surface area contributed by atoms with Gasteiger partial charge in [0.2, 0.25) is 5.75 Å². The Kier molecular flexibility index (Phi) is 6.05. The van der Waals surface area contributed by atoms with E-state index in [9.17, 15) is 0 Å². The van der Waals surface area contributed by atoms with Crippen LogP contribution in [0.25, 0.3) is 0 Å².